The Morgan fingerprint density at radius 3 is 2.94 bits per heavy atom. The lowest BCUT2D eigenvalue weighted by Gasteiger charge is -2.05. The van der Waals surface area contributed by atoms with E-state index in [1.54, 1.807) is 13.2 Å². The molecule has 90 valence electrons. The number of aromatic amines is 1. The number of rotatable bonds is 3. The van der Waals surface area contributed by atoms with Crippen molar-refractivity contribution in [2.45, 2.75) is 17.1 Å². The van der Waals surface area contributed by atoms with Gasteiger partial charge in [0.1, 0.15) is 5.03 Å². The molecule has 0 atom stereocenters. The number of nitrogen functional groups attached to an aromatic ring is 1. The molecule has 0 aliphatic heterocycles. The molecule has 0 aliphatic carbocycles. The molecule has 0 saturated heterocycles. The van der Waals surface area contributed by atoms with E-state index in [-0.39, 0.29) is 5.69 Å². The highest BCUT2D eigenvalue weighted by Gasteiger charge is 2.10. The summed E-state index contributed by atoms with van der Waals surface area (Å²) in [6, 6.07) is 0. The second-order valence-electron chi connectivity index (χ2n) is 3.30. The molecule has 0 bridgehead atoms. The summed E-state index contributed by atoms with van der Waals surface area (Å²) < 4.78 is 1.40. The van der Waals surface area contributed by atoms with Gasteiger partial charge in [0, 0.05) is 18.8 Å². The minimum absolute atomic E-state index is 0.267. The summed E-state index contributed by atoms with van der Waals surface area (Å²) in [6.45, 7) is 1.87. The van der Waals surface area contributed by atoms with E-state index in [9.17, 15) is 4.79 Å². The van der Waals surface area contributed by atoms with Crippen LogP contribution in [0.25, 0.3) is 0 Å². The van der Waals surface area contributed by atoms with Crippen molar-refractivity contribution in [2.75, 3.05) is 5.43 Å². The number of hydrazine groups is 1. The Balaban J connectivity index is 2.35. The van der Waals surface area contributed by atoms with Gasteiger partial charge in [0.15, 0.2) is 5.16 Å². The molecule has 0 fully saturated rings. The third-order valence-electron chi connectivity index (χ3n) is 2.08. The van der Waals surface area contributed by atoms with Crippen molar-refractivity contribution in [2.24, 2.45) is 12.9 Å². The molecule has 2 heterocycles. The molecule has 0 unspecified atom stereocenters. The predicted octanol–water partition coefficient (Wildman–Crippen LogP) is -0.356. The third-order valence-corrected chi connectivity index (χ3v) is 3.24. The zero-order valence-electron chi connectivity index (χ0n) is 9.26. The predicted molar refractivity (Wildman–Crippen MR) is 62.5 cm³/mol. The first-order valence-electron chi connectivity index (χ1n) is 4.71. The third kappa shape index (κ3) is 2.29. The molecule has 0 amide bonds. The van der Waals surface area contributed by atoms with Crippen LogP contribution in [0.4, 0.5) is 5.95 Å². The maximum absolute atomic E-state index is 11.2. The molecular formula is C8H11N7OS. The highest BCUT2D eigenvalue weighted by Crippen LogP contribution is 2.25. The number of aromatic nitrogens is 5. The van der Waals surface area contributed by atoms with Gasteiger partial charge in [0.05, 0.1) is 0 Å². The second-order valence-corrected chi connectivity index (χ2v) is 4.25. The fourth-order valence-electron chi connectivity index (χ4n) is 1.11. The Hall–Kier alpha value is -1.87. The number of hydrogen-bond donors (Lipinski definition) is 3. The summed E-state index contributed by atoms with van der Waals surface area (Å²) in [5.41, 5.74) is 2.98. The molecule has 4 N–H and O–H groups in total. The van der Waals surface area contributed by atoms with Crippen LogP contribution in [0.3, 0.4) is 0 Å². The van der Waals surface area contributed by atoms with Crippen LogP contribution in [0, 0.1) is 6.92 Å². The van der Waals surface area contributed by atoms with Gasteiger partial charge in [-0.2, -0.15) is 0 Å². The molecule has 0 radical (unpaired) electrons. The average Bonchev–Trinajstić information content (AvgIpc) is 2.64. The molecule has 2 aromatic rings. The Morgan fingerprint density at radius 1 is 1.59 bits per heavy atom. The first-order chi connectivity index (χ1) is 8.11. The van der Waals surface area contributed by atoms with Crippen molar-refractivity contribution in [3.8, 4) is 0 Å². The van der Waals surface area contributed by atoms with Gasteiger partial charge in [-0.15, -0.1) is 5.10 Å². The maximum Gasteiger partial charge on any atom is 0.343 e. The van der Waals surface area contributed by atoms with Gasteiger partial charge < -0.3 is 0 Å². The van der Waals surface area contributed by atoms with E-state index in [1.807, 2.05) is 6.92 Å². The zero-order chi connectivity index (χ0) is 12.4. The molecule has 0 aromatic carbocycles. The maximum atomic E-state index is 11.2. The number of aryl methyl sites for hydroxylation is 1. The average molecular weight is 253 g/mol. The minimum atomic E-state index is -0.267. The van der Waals surface area contributed by atoms with Crippen LogP contribution in [-0.2, 0) is 7.05 Å². The molecular weight excluding hydrogens is 242 g/mol. The van der Waals surface area contributed by atoms with E-state index >= 15 is 0 Å². The van der Waals surface area contributed by atoms with Crippen molar-refractivity contribution < 1.29 is 0 Å². The van der Waals surface area contributed by atoms with Crippen LogP contribution in [0.5, 0.6) is 0 Å². The van der Waals surface area contributed by atoms with Crippen molar-refractivity contribution in [1.29, 1.82) is 0 Å². The quantitative estimate of drug-likeness (QED) is 0.389. The van der Waals surface area contributed by atoms with E-state index in [2.05, 4.69) is 25.6 Å². The number of hydrogen-bond acceptors (Lipinski definition) is 7. The first kappa shape index (κ1) is 11.6. The Labute approximate surface area is 101 Å². The molecule has 0 saturated carbocycles. The van der Waals surface area contributed by atoms with Crippen molar-refractivity contribution in [3.05, 3.63) is 22.2 Å². The lowest BCUT2D eigenvalue weighted by Crippen LogP contribution is -2.13. The molecule has 8 nitrogen and oxygen atoms in total. The standard InChI is InChI=1S/C8H11N7OS/c1-4-3-10-6(12-9)11-5(4)17-8-14-13-7(16)15(8)2/h3H,9H2,1-2H3,(H,13,16)(H,10,11,12). The lowest BCUT2D eigenvalue weighted by atomic mass is 10.4. The van der Waals surface area contributed by atoms with Crippen LogP contribution in [0.15, 0.2) is 21.2 Å². The van der Waals surface area contributed by atoms with Crippen LogP contribution >= 0.6 is 11.8 Å². The SMILES string of the molecule is Cc1cnc(NN)nc1Sc1n[nH]c(=O)n1C. The van der Waals surface area contributed by atoms with E-state index in [0.29, 0.717) is 16.1 Å². The number of nitrogens with two attached hydrogens (primary N) is 1. The normalized spacial score (nSPS) is 10.5. The smallest absolute Gasteiger partial charge is 0.292 e. The Bertz CT molecular complexity index is 590. The van der Waals surface area contributed by atoms with Crippen LogP contribution < -0.4 is 17.0 Å². The summed E-state index contributed by atoms with van der Waals surface area (Å²) in [5, 5.41) is 7.46. The van der Waals surface area contributed by atoms with Gasteiger partial charge in [-0.25, -0.2) is 25.7 Å². The number of nitrogens with zero attached hydrogens (tertiary/aromatic N) is 4. The van der Waals surface area contributed by atoms with Gasteiger partial charge in [0.25, 0.3) is 0 Å². The van der Waals surface area contributed by atoms with Gasteiger partial charge in [-0.1, -0.05) is 0 Å². The van der Waals surface area contributed by atoms with Crippen LogP contribution in [0.2, 0.25) is 0 Å². The first-order valence-corrected chi connectivity index (χ1v) is 5.53. The Morgan fingerprint density at radius 2 is 2.35 bits per heavy atom. The molecule has 2 aromatic heterocycles. The van der Waals surface area contributed by atoms with E-state index in [4.69, 9.17) is 5.84 Å². The van der Waals surface area contributed by atoms with E-state index in [1.165, 1.54) is 16.3 Å². The summed E-state index contributed by atoms with van der Waals surface area (Å²) in [6.07, 6.45) is 1.65. The van der Waals surface area contributed by atoms with E-state index < -0.39 is 0 Å². The molecule has 17 heavy (non-hydrogen) atoms. The van der Waals surface area contributed by atoms with Gasteiger partial charge in [-0.05, 0) is 18.7 Å². The lowest BCUT2D eigenvalue weighted by molar-refractivity contribution is 0.764. The van der Waals surface area contributed by atoms with Crippen molar-refractivity contribution >= 4 is 17.7 Å². The monoisotopic (exact) mass is 253 g/mol. The van der Waals surface area contributed by atoms with Crippen LogP contribution in [-0.4, -0.2) is 24.7 Å². The van der Waals surface area contributed by atoms with Crippen molar-refractivity contribution in [3.63, 3.8) is 0 Å². The zero-order valence-corrected chi connectivity index (χ0v) is 10.1. The minimum Gasteiger partial charge on any atom is -0.292 e. The highest BCUT2D eigenvalue weighted by molar-refractivity contribution is 7.99. The fourth-order valence-corrected chi connectivity index (χ4v) is 1.94. The number of nitrogens with one attached hydrogen (secondary N) is 2. The topological polar surface area (TPSA) is 115 Å². The second kappa shape index (κ2) is 4.55. The van der Waals surface area contributed by atoms with Gasteiger partial charge in [-0.3, -0.25) is 9.99 Å². The number of H-pyrrole nitrogens is 1. The van der Waals surface area contributed by atoms with Gasteiger partial charge in [0.2, 0.25) is 5.95 Å². The van der Waals surface area contributed by atoms with E-state index in [0.717, 1.165) is 5.56 Å². The summed E-state index contributed by atoms with van der Waals surface area (Å²) in [5.74, 6) is 5.55. The van der Waals surface area contributed by atoms with Crippen LogP contribution in [0.1, 0.15) is 5.56 Å². The summed E-state index contributed by atoms with van der Waals surface area (Å²) in [4.78, 5) is 19.4. The molecule has 0 spiro atoms. The molecule has 2 rings (SSSR count). The fraction of sp³-hybridized carbons (Fsp3) is 0.250. The molecule has 9 heteroatoms. The Kier molecular flexibility index (Phi) is 3.11. The summed E-state index contributed by atoms with van der Waals surface area (Å²) >= 11 is 1.27. The molecule has 0 aliphatic rings. The highest BCUT2D eigenvalue weighted by atomic mass is 32.2. The van der Waals surface area contributed by atoms with Crippen molar-refractivity contribution in [1.82, 2.24) is 24.7 Å². The van der Waals surface area contributed by atoms with Gasteiger partial charge >= 0.3 is 5.69 Å². The summed E-state index contributed by atoms with van der Waals surface area (Å²) in [7, 11) is 1.63. The largest absolute Gasteiger partial charge is 0.343 e. The number of anilines is 1.